The minimum atomic E-state index is 0.163. The van der Waals surface area contributed by atoms with Gasteiger partial charge in [-0.1, -0.05) is 0 Å². The van der Waals surface area contributed by atoms with Gasteiger partial charge in [-0.15, -0.1) is 0 Å². The number of hydrogen-bond donors (Lipinski definition) is 1. The highest BCUT2D eigenvalue weighted by molar-refractivity contribution is 5.92. The number of nitrogens with one attached hydrogen (secondary N) is 1. The smallest absolute Gasteiger partial charge is 0.120 e. The zero-order chi connectivity index (χ0) is 13.8. The molecular weight excluding hydrogens is 240 g/mol. The highest BCUT2D eigenvalue weighted by atomic mass is 16.5. The van der Waals surface area contributed by atoms with Crippen LogP contribution in [-0.2, 0) is 11.3 Å². The van der Waals surface area contributed by atoms with E-state index in [1.807, 2.05) is 45.2 Å². The molecule has 0 atom stereocenters. The van der Waals surface area contributed by atoms with E-state index in [9.17, 15) is 0 Å². The Morgan fingerprint density at radius 3 is 2.68 bits per heavy atom. The van der Waals surface area contributed by atoms with Crippen LogP contribution in [0.25, 0.3) is 10.9 Å². The maximum atomic E-state index is 5.72. The number of nitrogens with zero attached hydrogens (tertiary/aromatic N) is 1. The molecule has 0 aliphatic rings. The minimum Gasteiger partial charge on any atom is -0.491 e. The second-order valence-electron chi connectivity index (χ2n) is 4.69. The van der Waals surface area contributed by atoms with E-state index in [1.165, 1.54) is 0 Å². The van der Waals surface area contributed by atoms with Crippen LogP contribution >= 0.6 is 0 Å². The number of methoxy groups -OCH3 is 1. The van der Waals surface area contributed by atoms with Crippen LogP contribution in [0.15, 0.2) is 24.3 Å². The molecule has 4 nitrogen and oxygen atoms in total. The van der Waals surface area contributed by atoms with Gasteiger partial charge in [0, 0.05) is 25.2 Å². The van der Waals surface area contributed by atoms with Crippen molar-refractivity contribution in [2.24, 2.45) is 0 Å². The minimum absolute atomic E-state index is 0.163. The van der Waals surface area contributed by atoms with E-state index in [4.69, 9.17) is 9.47 Å². The summed E-state index contributed by atoms with van der Waals surface area (Å²) in [5.74, 6) is 0.861. The topological polar surface area (TPSA) is 43.4 Å². The summed E-state index contributed by atoms with van der Waals surface area (Å²) in [6.45, 7) is 4.54. The number of pyridine rings is 1. The van der Waals surface area contributed by atoms with E-state index >= 15 is 0 Å². The first-order chi connectivity index (χ1) is 9.13. The quantitative estimate of drug-likeness (QED) is 0.896. The van der Waals surface area contributed by atoms with Crippen molar-refractivity contribution in [1.82, 2.24) is 4.98 Å². The summed E-state index contributed by atoms with van der Waals surface area (Å²) in [6.07, 6.45) is 0.163. The lowest BCUT2D eigenvalue weighted by Gasteiger charge is -2.13. The van der Waals surface area contributed by atoms with Gasteiger partial charge >= 0.3 is 0 Å². The highest BCUT2D eigenvalue weighted by Crippen LogP contribution is 2.27. The molecule has 0 amide bonds. The summed E-state index contributed by atoms with van der Waals surface area (Å²) >= 11 is 0. The van der Waals surface area contributed by atoms with Crippen molar-refractivity contribution < 1.29 is 9.47 Å². The average Bonchev–Trinajstić information content (AvgIpc) is 2.38. The van der Waals surface area contributed by atoms with Crippen LogP contribution in [0.4, 0.5) is 5.69 Å². The van der Waals surface area contributed by atoms with Crippen LogP contribution in [0.5, 0.6) is 5.75 Å². The number of benzene rings is 1. The Morgan fingerprint density at radius 1 is 1.26 bits per heavy atom. The third kappa shape index (κ3) is 3.15. The Labute approximate surface area is 113 Å². The van der Waals surface area contributed by atoms with E-state index in [-0.39, 0.29) is 6.10 Å². The van der Waals surface area contributed by atoms with E-state index in [0.29, 0.717) is 6.61 Å². The lowest BCUT2D eigenvalue weighted by atomic mass is 10.1. The molecule has 1 aromatic carbocycles. The summed E-state index contributed by atoms with van der Waals surface area (Å²) in [5.41, 5.74) is 2.89. The first-order valence-corrected chi connectivity index (χ1v) is 6.41. The van der Waals surface area contributed by atoms with E-state index in [1.54, 1.807) is 7.11 Å². The fourth-order valence-corrected chi connectivity index (χ4v) is 2.03. The Hall–Kier alpha value is -1.81. The van der Waals surface area contributed by atoms with Crippen LogP contribution in [0.3, 0.4) is 0 Å². The SMILES string of the molecule is CNc1cc(COC)nc2ccc(OC(C)C)cc12. The molecule has 0 aliphatic heterocycles. The molecule has 19 heavy (non-hydrogen) atoms. The van der Waals surface area contributed by atoms with Crippen LogP contribution in [0.1, 0.15) is 19.5 Å². The molecule has 102 valence electrons. The van der Waals surface area contributed by atoms with Crippen LogP contribution < -0.4 is 10.1 Å². The highest BCUT2D eigenvalue weighted by Gasteiger charge is 2.07. The monoisotopic (exact) mass is 260 g/mol. The number of aromatic nitrogens is 1. The summed E-state index contributed by atoms with van der Waals surface area (Å²) < 4.78 is 10.9. The van der Waals surface area contributed by atoms with Crippen molar-refractivity contribution >= 4 is 16.6 Å². The fraction of sp³-hybridized carbons (Fsp3) is 0.400. The van der Waals surface area contributed by atoms with E-state index in [0.717, 1.165) is 28.0 Å². The predicted molar refractivity (Wildman–Crippen MR) is 77.8 cm³/mol. The van der Waals surface area contributed by atoms with Crippen molar-refractivity contribution in [3.8, 4) is 5.75 Å². The maximum Gasteiger partial charge on any atom is 0.120 e. The first-order valence-electron chi connectivity index (χ1n) is 6.41. The van der Waals surface area contributed by atoms with Gasteiger partial charge in [-0.2, -0.15) is 0 Å². The van der Waals surface area contributed by atoms with Crippen LogP contribution in [0, 0.1) is 0 Å². The fourth-order valence-electron chi connectivity index (χ4n) is 2.03. The van der Waals surface area contributed by atoms with Gasteiger partial charge in [-0.3, -0.25) is 4.98 Å². The third-order valence-electron chi connectivity index (χ3n) is 2.77. The zero-order valence-corrected chi connectivity index (χ0v) is 11.9. The summed E-state index contributed by atoms with van der Waals surface area (Å²) in [7, 11) is 3.58. The molecule has 0 unspecified atom stereocenters. The van der Waals surface area contributed by atoms with Crippen molar-refractivity contribution in [1.29, 1.82) is 0 Å². The maximum absolute atomic E-state index is 5.72. The largest absolute Gasteiger partial charge is 0.491 e. The Bertz CT molecular complexity index is 567. The van der Waals surface area contributed by atoms with Gasteiger partial charge in [-0.05, 0) is 38.1 Å². The van der Waals surface area contributed by atoms with Crippen LogP contribution in [0.2, 0.25) is 0 Å². The second kappa shape index (κ2) is 5.89. The Morgan fingerprint density at radius 2 is 2.05 bits per heavy atom. The molecule has 0 aliphatic carbocycles. The van der Waals surface area contributed by atoms with Gasteiger partial charge in [-0.25, -0.2) is 0 Å². The van der Waals surface area contributed by atoms with Gasteiger partial charge in [0.15, 0.2) is 0 Å². The molecule has 1 N–H and O–H groups in total. The molecule has 0 fully saturated rings. The number of hydrogen-bond acceptors (Lipinski definition) is 4. The van der Waals surface area contributed by atoms with Gasteiger partial charge in [0.1, 0.15) is 5.75 Å². The van der Waals surface area contributed by atoms with Gasteiger partial charge in [0.05, 0.1) is 23.9 Å². The van der Waals surface area contributed by atoms with Crippen molar-refractivity contribution in [2.45, 2.75) is 26.6 Å². The summed E-state index contributed by atoms with van der Waals surface area (Å²) in [5, 5.41) is 4.25. The third-order valence-corrected chi connectivity index (χ3v) is 2.77. The van der Waals surface area contributed by atoms with E-state index < -0.39 is 0 Å². The van der Waals surface area contributed by atoms with Gasteiger partial charge in [0.2, 0.25) is 0 Å². The van der Waals surface area contributed by atoms with Crippen LogP contribution in [-0.4, -0.2) is 25.2 Å². The van der Waals surface area contributed by atoms with Crippen molar-refractivity contribution in [3.05, 3.63) is 30.0 Å². The molecule has 1 aromatic heterocycles. The molecule has 2 aromatic rings. The summed E-state index contributed by atoms with van der Waals surface area (Å²) in [6, 6.07) is 7.95. The molecule has 0 spiro atoms. The lowest BCUT2D eigenvalue weighted by Crippen LogP contribution is -2.05. The van der Waals surface area contributed by atoms with E-state index in [2.05, 4.69) is 10.3 Å². The molecule has 0 radical (unpaired) electrons. The Kier molecular flexibility index (Phi) is 4.22. The number of anilines is 1. The first kappa shape index (κ1) is 13.6. The standard InChI is InChI=1S/C15H20N2O2/c1-10(2)19-12-5-6-14-13(8-12)15(16-3)7-11(17-14)9-18-4/h5-8,10H,9H2,1-4H3,(H,16,17). The molecular formula is C15H20N2O2. The molecule has 4 heteroatoms. The predicted octanol–water partition coefficient (Wildman–Crippen LogP) is 3.21. The normalized spacial score (nSPS) is 11.0. The van der Waals surface area contributed by atoms with Crippen molar-refractivity contribution in [3.63, 3.8) is 0 Å². The molecule has 0 saturated heterocycles. The van der Waals surface area contributed by atoms with Crippen molar-refractivity contribution in [2.75, 3.05) is 19.5 Å². The molecule has 1 heterocycles. The average molecular weight is 260 g/mol. The molecule has 0 bridgehead atoms. The number of fused-ring (bicyclic) bond motifs is 1. The van der Waals surface area contributed by atoms with Gasteiger partial charge < -0.3 is 14.8 Å². The zero-order valence-electron chi connectivity index (χ0n) is 11.9. The molecule has 0 saturated carbocycles. The summed E-state index contributed by atoms with van der Waals surface area (Å²) in [4.78, 5) is 4.57. The number of rotatable bonds is 5. The van der Waals surface area contributed by atoms with Gasteiger partial charge in [0.25, 0.3) is 0 Å². The Balaban J connectivity index is 2.49. The lowest BCUT2D eigenvalue weighted by molar-refractivity contribution is 0.182. The number of ether oxygens (including phenoxy) is 2. The second-order valence-corrected chi connectivity index (χ2v) is 4.69. The molecule has 2 rings (SSSR count).